The smallest absolute Gasteiger partial charge is 0.257 e. The van der Waals surface area contributed by atoms with Gasteiger partial charge in [0.15, 0.2) is 0 Å². The molecule has 2 aromatic rings. The molecule has 1 fully saturated rings. The van der Waals surface area contributed by atoms with E-state index in [1.54, 1.807) is 19.5 Å². The van der Waals surface area contributed by atoms with Crippen LogP contribution in [0, 0.1) is 0 Å². The highest BCUT2D eigenvalue weighted by Crippen LogP contribution is 2.18. The van der Waals surface area contributed by atoms with E-state index < -0.39 is 0 Å². The second-order valence-corrected chi connectivity index (χ2v) is 6.19. The van der Waals surface area contributed by atoms with Gasteiger partial charge in [-0.15, -0.1) is 0 Å². The van der Waals surface area contributed by atoms with Gasteiger partial charge in [0.1, 0.15) is 5.75 Å². The van der Waals surface area contributed by atoms with Crippen LogP contribution in [0.25, 0.3) is 0 Å². The van der Waals surface area contributed by atoms with Crippen LogP contribution in [0.3, 0.4) is 0 Å². The molecule has 0 spiro atoms. The predicted molar refractivity (Wildman–Crippen MR) is 100 cm³/mol. The van der Waals surface area contributed by atoms with Crippen molar-refractivity contribution in [1.29, 1.82) is 0 Å². The van der Waals surface area contributed by atoms with Crippen molar-refractivity contribution < 1.29 is 9.53 Å². The summed E-state index contributed by atoms with van der Waals surface area (Å²) < 4.78 is 5.33. The first kappa shape index (κ1) is 18.1. The second kappa shape index (κ2) is 8.62. The molecule has 138 valence electrons. The summed E-state index contributed by atoms with van der Waals surface area (Å²) in [6.07, 6.45) is 3.18. The Morgan fingerprint density at radius 2 is 1.85 bits per heavy atom. The van der Waals surface area contributed by atoms with Crippen LogP contribution in [-0.2, 0) is 6.54 Å². The highest BCUT2D eigenvalue weighted by molar-refractivity contribution is 5.93. The van der Waals surface area contributed by atoms with E-state index >= 15 is 0 Å². The number of rotatable bonds is 6. The largest absolute Gasteiger partial charge is 0.496 e. The van der Waals surface area contributed by atoms with E-state index in [0.29, 0.717) is 18.1 Å². The van der Waals surface area contributed by atoms with Crippen molar-refractivity contribution >= 4 is 11.9 Å². The number of carbonyl (C=O) groups is 1. The number of hydrogen-bond donors (Lipinski definition) is 1. The number of nitrogens with zero attached hydrogens (tertiary/aromatic N) is 4. The van der Waals surface area contributed by atoms with Crippen LogP contribution in [0.15, 0.2) is 36.7 Å². The van der Waals surface area contributed by atoms with Crippen LogP contribution in [0.1, 0.15) is 22.8 Å². The molecular formula is C19H25N5O2. The van der Waals surface area contributed by atoms with Gasteiger partial charge < -0.3 is 19.9 Å². The number of benzene rings is 1. The van der Waals surface area contributed by atoms with Gasteiger partial charge in [-0.05, 0) is 12.6 Å². The first-order chi connectivity index (χ1) is 12.7. The lowest BCUT2D eigenvalue weighted by atomic mass is 10.2. The van der Waals surface area contributed by atoms with Crippen molar-refractivity contribution in [2.45, 2.75) is 13.5 Å². The summed E-state index contributed by atoms with van der Waals surface area (Å²) in [6.45, 7) is 7.06. The summed E-state index contributed by atoms with van der Waals surface area (Å²) in [5.74, 6) is 1.30. The van der Waals surface area contributed by atoms with Crippen molar-refractivity contribution in [3.8, 4) is 5.75 Å². The number of anilines is 1. The van der Waals surface area contributed by atoms with Crippen molar-refractivity contribution in [1.82, 2.24) is 19.8 Å². The molecule has 1 aromatic heterocycles. The number of aromatic nitrogens is 2. The topological polar surface area (TPSA) is 70.6 Å². The maximum Gasteiger partial charge on any atom is 0.257 e. The van der Waals surface area contributed by atoms with E-state index in [2.05, 4.69) is 27.1 Å². The average Bonchev–Trinajstić information content (AvgIpc) is 2.72. The first-order valence-corrected chi connectivity index (χ1v) is 8.90. The molecule has 26 heavy (non-hydrogen) atoms. The van der Waals surface area contributed by atoms with Gasteiger partial charge in [-0.3, -0.25) is 4.79 Å². The van der Waals surface area contributed by atoms with Crippen molar-refractivity contribution in [3.63, 3.8) is 0 Å². The molecule has 0 bridgehead atoms. The van der Waals surface area contributed by atoms with Gasteiger partial charge in [-0.1, -0.05) is 25.1 Å². The number of likely N-dealkylation sites (N-methyl/N-ethyl adjacent to an activating group) is 1. The number of amides is 1. The fraction of sp³-hybridized carbons (Fsp3) is 0.421. The average molecular weight is 355 g/mol. The maximum atomic E-state index is 12.6. The standard InChI is InChI=1S/C19H25N5O2/c1-3-23-8-10-24(11-9-23)18(25)16-13-21-19(22-14-16)20-12-15-6-4-5-7-17(15)26-2/h4-7,13-14H,3,8-12H2,1-2H3,(H,20,21,22). The summed E-state index contributed by atoms with van der Waals surface area (Å²) in [5, 5.41) is 3.16. The van der Waals surface area contributed by atoms with Crippen LogP contribution in [0.4, 0.5) is 5.95 Å². The Morgan fingerprint density at radius 3 is 2.50 bits per heavy atom. The SMILES string of the molecule is CCN1CCN(C(=O)c2cnc(NCc3ccccc3OC)nc2)CC1. The Balaban J connectivity index is 1.57. The fourth-order valence-electron chi connectivity index (χ4n) is 3.00. The molecule has 2 heterocycles. The zero-order chi connectivity index (χ0) is 18.4. The van der Waals surface area contributed by atoms with Gasteiger partial charge in [0, 0.05) is 50.7 Å². The number of para-hydroxylation sites is 1. The molecule has 1 amide bonds. The van der Waals surface area contributed by atoms with E-state index in [4.69, 9.17) is 4.74 Å². The summed E-state index contributed by atoms with van der Waals surface area (Å²) in [6, 6.07) is 7.79. The van der Waals surface area contributed by atoms with E-state index in [9.17, 15) is 4.79 Å². The van der Waals surface area contributed by atoms with Crippen LogP contribution >= 0.6 is 0 Å². The molecular weight excluding hydrogens is 330 g/mol. The van der Waals surface area contributed by atoms with E-state index in [0.717, 1.165) is 44.0 Å². The number of piperazine rings is 1. The van der Waals surface area contributed by atoms with Gasteiger partial charge in [0.2, 0.25) is 5.95 Å². The second-order valence-electron chi connectivity index (χ2n) is 6.19. The molecule has 0 unspecified atom stereocenters. The van der Waals surface area contributed by atoms with Gasteiger partial charge in [-0.25, -0.2) is 9.97 Å². The molecule has 7 heteroatoms. The minimum absolute atomic E-state index is 0.00275. The maximum absolute atomic E-state index is 12.6. The molecule has 7 nitrogen and oxygen atoms in total. The van der Waals surface area contributed by atoms with E-state index in [1.165, 1.54) is 0 Å². The molecule has 1 saturated heterocycles. The molecule has 0 radical (unpaired) electrons. The van der Waals surface area contributed by atoms with Crippen LogP contribution < -0.4 is 10.1 Å². The molecule has 1 aromatic carbocycles. The first-order valence-electron chi connectivity index (χ1n) is 8.90. The van der Waals surface area contributed by atoms with Gasteiger partial charge in [-0.2, -0.15) is 0 Å². The van der Waals surface area contributed by atoms with Gasteiger partial charge >= 0.3 is 0 Å². The van der Waals surface area contributed by atoms with E-state index in [1.807, 2.05) is 29.2 Å². The summed E-state index contributed by atoms with van der Waals surface area (Å²) in [7, 11) is 1.65. The van der Waals surface area contributed by atoms with E-state index in [-0.39, 0.29) is 5.91 Å². The van der Waals surface area contributed by atoms with Crippen LogP contribution in [0.2, 0.25) is 0 Å². The number of nitrogens with one attached hydrogen (secondary N) is 1. The molecule has 1 aliphatic heterocycles. The lowest BCUT2D eigenvalue weighted by Gasteiger charge is -2.33. The monoisotopic (exact) mass is 355 g/mol. The third-order valence-electron chi connectivity index (χ3n) is 4.63. The van der Waals surface area contributed by atoms with Crippen molar-refractivity contribution in [3.05, 3.63) is 47.8 Å². The number of carbonyl (C=O) groups excluding carboxylic acids is 1. The zero-order valence-corrected chi connectivity index (χ0v) is 15.3. The lowest BCUT2D eigenvalue weighted by molar-refractivity contribution is 0.0642. The summed E-state index contributed by atoms with van der Waals surface area (Å²) in [5.41, 5.74) is 1.55. The quantitative estimate of drug-likeness (QED) is 0.853. The molecule has 0 atom stereocenters. The Labute approximate surface area is 154 Å². The molecule has 0 saturated carbocycles. The summed E-state index contributed by atoms with van der Waals surface area (Å²) >= 11 is 0. The van der Waals surface area contributed by atoms with Crippen LogP contribution in [-0.4, -0.2) is 65.5 Å². The Kier molecular flexibility index (Phi) is 6.01. The van der Waals surface area contributed by atoms with Crippen molar-refractivity contribution in [2.24, 2.45) is 0 Å². The lowest BCUT2D eigenvalue weighted by Crippen LogP contribution is -2.48. The molecule has 1 aliphatic rings. The highest BCUT2D eigenvalue weighted by Gasteiger charge is 2.21. The Bertz CT molecular complexity index is 727. The summed E-state index contributed by atoms with van der Waals surface area (Å²) in [4.78, 5) is 25.3. The normalized spacial score (nSPS) is 14.9. The Morgan fingerprint density at radius 1 is 1.15 bits per heavy atom. The van der Waals surface area contributed by atoms with Crippen molar-refractivity contribution in [2.75, 3.05) is 45.2 Å². The minimum atomic E-state index is -0.00275. The molecule has 0 aliphatic carbocycles. The number of ether oxygens (including phenoxy) is 1. The zero-order valence-electron chi connectivity index (χ0n) is 15.3. The fourth-order valence-corrected chi connectivity index (χ4v) is 3.00. The highest BCUT2D eigenvalue weighted by atomic mass is 16.5. The van der Waals surface area contributed by atoms with Gasteiger partial charge in [0.25, 0.3) is 5.91 Å². The Hall–Kier alpha value is -2.67. The third kappa shape index (κ3) is 4.29. The molecule has 1 N–H and O–H groups in total. The number of methoxy groups -OCH3 is 1. The molecule has 3 rings (SSSR count). The van der Waals surface area contributed by atoms with Gasteiger partial charge in [0.05, 0.1) is 12.7 Å². The van der Waals surface area contributed by atoms with Crippen LogP contribution in [0.5, 0.6) is 5.75 Å². The number of hydrogen-bond acceptors (Lipinski definition) is 6. The third-order valence-corrected chi connectivity index (χ3v) is 4.63. The predicted octanol–water partition coefficient (Wildman–Crippen LogP) is 1.87. The minimum Gasteiger partial charge on any atom is -0.496 e.